The summed E-state index contributed by atoms with van der Waals surface area (Å²) in [5.74, 6) is -0.123. The van der Waals surface area contributed by atoms with Crippen LogP contribution in [0.25, 0.3) is 5.52 Å². The van der Waals surface area contributed by atoms with Crippen LogP contribution in [0.15, 0.2) is 71.5 Å². The van der Waals surface area contributed by atoms with Crippen molar-refractivity contribution in [2.45, 2.75) is 25.7 Å². The summed E-state index contributed by atoms with van der Waals surface area (Å²) in [5, 5.41) is 18.4. The molecule has 2 aromatic heterocycles. The summed E-state index contributed by atoms with van der Waals surface area (Å²) in [6.45, 7) is 3.09. The van der Waals surface area contributed by atoms with Crippen molar-refractivity contribution in [1.82, 2.24) is 14.5 Å². The lowest BCUT2D eigenvalue weighted by molar-refractivity contribution is -0.385. The summed E-state index contributed by atoms with van der Waals surface area (Å²) < 4.78 is 2.05. The Kier molecular flexibility index (Phi) is 6.75. The van der Waals surface area contributed by atoms with Gasteiger partial charge in [-0.2, -0.15) is 5.10 Å². The molecule has 188 valence electrons. The van der Waals surface area contributed by atoms with Crippen molar-refractivity contribution in [2.75, 3.05) is 18.4 Å². The van der Waals surface area contributed by atoms with Gasteiger partial charge in [0.05, 0.1) is 26.7 Å². The van der Waals surface area contributed by atoms with Gasteiger partial charge in [0, 0.05) is 36.6 Å². The Morgan fingerprint density at radius 2 is 1.84 bits per heavy atom. The second-order valence-electron chi connectivity index (χ2n) is 9.11. The Labute approximate surface area is 221 Å². The van der Waals surface area contributed by atoms with Crippen molar-refractivity contribution in [2.24, 2.45) is 0 Å². The number of nitrogens with one attached hydrogen (secondary N) is 1. The lowest BCUT2D eigenvalue weighted by Crippen LogP contribution is -2.37. The molecular formula is C27H24BrN5O4. The molecule has 0 aliphatic carbocycles. The van der Waals surface area contributed by atoms with Crippen LogP contribution >= 0.6 is 15.9 Å². The maximum atomic E-state index is 12.9. The van der Waals surface area contributed by atoms with Gasteiger partial charge in [0.15, 0.2) is 0 Å². The van der Waals surface area contributed by atoms with Crippen LogP contribution < -0.4 is 5.32 Å². The number of halogens is 1. The summed E-state index contributed by atoms with van der Waals surface area (Å²) in [4.78, 5) is 38.2. The van der Waals surface area contributed by atoms with Crippen LogP contribution in [0.1, 0.15) is 50.6 Å². The monoisotopic (exact) mass is 561 g/mol. The molecule has 0 bridgehead atoms. The molecule has 37 heavy (non-hydrogen) atoms. The largest absolute Gasteiger partial charge is 0.339 e. The summed E-state index contributed by atoms with van der Waals surface area (Å²) in [6.07, 6.45) is 4.97. The van der Waals surface area contributed by atoms with Gasteiger partial charge in [0.25, 0.3) is 17.5 Å². The van der Waals surface area contributed by atoms with E-state index in [9.17, 15) is 19.7 Å². The highest BCUT2D eigenvalue weighted by Gasteiger charge is 2.26. The number of carbonyl (C=O) groups is 2. The van der Waals surface area contributed by atoms with Crippen molar-refractivity contribution in [1.29, 1.82) is 0 Å². The third kappa shape index (κ3) is 4.97. The molecule has 3 heterocycles. The Balaban J connectivity index is 1.21. The Hall–Kier alpha value is -4.05. The van der Waals surface area contributed by atoms with E-state index in [0.717, 1.165) is 29.5 Å². The van der Waals surface area contributed by atoms with Gasteiger partial charge in [-0.1, -0.05) is 18.2 Å². The SMILES string of the molecule is Cc1cccn2ncc(C(=O)Nc3ccc(C4CCN(C(=O)c5ccc(Br)c([N+](=O)[O-])c5)CC4)cc3)c12. The fourth-order valence-electron chi connectivity index (χ4n) is 4.80. The number of hydrogen-bond acceptors (Lipinski definition) is 5. The molecule has 1 aliphatic heterocycles. The molecule has 0 spiro atoms. The van der Waals surface area contributed by atoms with E-state index in [1.165, 1.54) is 12.1 Å². The predicted octanol–water partition coefficient (Wildman–Crippen LogP) is 5.59. The highest BCUT2D eigenvalue weighted by molar-refractivity contribution is 9.10. The van der Waals surface area contributed by atoms with Crippen LogP contribution in [0.4, 0.5) is 11.4 Å². The molecule has 1 aliphatic rings. The molecule has 0 atom stereocenters. The van der Waals surface area contributed by atoms with E-state index in [4.69, 9.17) is 0 Å². The first-order valence-electron chi connectivity index (χ1n) is 11.9. The molecule has 5 rings (SSSR count). The van der Waals surface area contributed by atoms with E-state index < -0.39 is 4.92 Å². The minimum Gasteiger partial charge on any atom is -0.339 e. The van der Waals surface area contributed by atoms with Gasteiger partial charge in [-0.15, -0.1) is 0 Å². The molecule has 2 aromatic carbocycles. The fourth-order valence-corrected chi connectivity index (χ4v) is 5.19. The zero-order valence-electron chi connectivity index (χ0n) is 20.1. The number of anilines is 1. The highest BCUT2D eigenvalue weighted by atomic mass is 79.9. The quantitative estimate of drug-likeness (QED) is 0.252. The first-order valence-corrected chi connectivity index (χ1v) is 12.7. The Morgan fingerprint density at radius 1 is 1.11 bits per heavy atom. The number of piperidine rings is 1. The van der Waals surface area contributed by atoms with Crippen LogP contribution in [0.3, 0.4) is 0 Å². The first kappa shape index (κ1) is 24.6. The second kappa shape index (κ2) is 10.1. The molecule has 1 N–H and O–H groups in total. The Morgan fingerprint density at radius 3 is 2.54 bits per heavy atom. The first-order chi connectivity index (χ1) is 17.8. The number of rotatable bonds is 5. The molecular weight excluding hydrogens is 538 g/mol. The van der Waals surface area contributed by atoms with E-state index in [2.05, 4.69) is 26.3 Å². The average molecular weight is 562 g/mol. The number of nitrogens with zero attached hydrogens (tertiary/aromatic N) is 4. The number of pyridine rings is 1. The third-order valence-corrected chi connectivity index (χ3v) is 7.47. The van der Waals surface area contributed by atoms with E-state index in [-0.39, 0.29) is 23.4 Å². The topological polar surface area (TPSA) is 110 Å². The predicted molar refractivity (Wildman–Crippen MR) is 143 cm³/mol. The minimum atomic E-state index is -0.502. The summed E-state index contributed by atoms with van der Waals surface area (Å²) >= 11 is 3.16. The van der Waals surface area contributed by atoms with Crippen LogP contribution in [-0.4, -0.2) is 44.3 Å². The average Bonchev–Trinajstić information content (AvgIpc) is 3.35. The van der Waals surface area contributed by atoms with Crippen LogP contribution in [0, 0.1) is 17.0 Å². The maximum absolute atomic E-state index is 12.9. The van der Waals surface area contributed by atoms with Crippen molar-refractivity contribution in [3.8, 4) is 0 Å². The van der Waals surface area contributed by atoms with E-state index >= 15 is 0 Å². The van der Waals surface area contributed by atoms with Gasteiger partial charge >= 0.3 is 0 Å². The van der Waals surface area contributed by atoms with Crippen molar-refractivity contribution in [3.63, 3.8) is 0 Å². The van der Waals surface area contributed by atoms with Gasteiger partial charge in [0.1, 0.15) is 0 Å². The number of benzene rings is 2. The van der Waals surface area contributed by atoms with Gasteiger partial charge in [-0.25, -0.2) is 4.52 Å². The van der Waals surface area contributed by atoms with Gasteiger partial charge < -0.3 is 10.2 Å². The number of carbonyl (C=O) groups excluding carboxylic acids is 2. The van der Waals surface area contributed by atoms with E-state index in [1.807, 2.05) is 49.5 Å². The van der Waals surface area contributed by atoms with Crippen molar-refractivity contribution in [3.05, 3.63) is 104 Å². The highest BCUT2D eigenvalue weighted by Crippen LogP contribution is 2.31. The minimum absolute atomic E-state index is 0.121. The summed E-state index contributed by atoms with van der Waals surface area (Å²) in [6, 6.07) is 16.1. The molecule has 2 amide bonds. The van der Waals surface area contributed by atoms with Gasteiger partial charge in [0.2, 0.25) is 0 Å². The molecule has 0 radical (unpaired) electrons. The number of aromatic nitrogens is 2. The summed E-state index contributed by atoms with van der Waals surface area (Å²) in [7, 11) is 0. The second-order valence-corrected chi connectivity index (χ2v) is 9.96. The van der Waals surface area contributed by atoms with Crippen LogP contribution in [0.5, 0.6) is 0 Å². The standard InChI is InChI=1S/C27H24BrN5O4/c1-17-3-2-12-32-25(17)22(16-29-32)26(34)30-21-7-4-18(5-8-21)19-10-13-31(14-11-19)27(35)20-6-9-23(28)24(15-20)33(36)37/h2-9,12,15-16,19H,10-11,13-14H2,1H3,(H,30,34). The third-order valence-electron chi connectivity index (χ3n) is 6.80. The molecule has 1 saturated heterocycles. The normalized spacial score (nSPS) is 14.1. The Bertz CT molecular complexity index is 1510. The van der Waals surface area contributed by atoms with Gasteiger partial charge in [-0.3, -0.25) is 19.7 Å². The number of amides is 2. The molecule has 4 aromatic rings. The number of hydrogen-bond donors (Lipinski definition) is 1. The molecule has 1 fully saturated rings. The summed E-state index contributed by atoms with van der Waals surface area (Å²) in [5.41, 5.74) is 4.33. The van der Waals surface area contributed by atoms with Gasteiger partial charge in [-0.05, 0) is 83.1 Å². The lowest BCUT2D eigenvalue weighted by Gasteiger charge is -2.32. The smallest absolute Gasteiger partial charge is 0.284 e. The number of likely N-dealkylation sites (tertiary alicyclic amines) is 1. The number of fused-ring (bicyclic) bond motifs is 1. The fraction of sp³-hybridized carbons (Fsp3) is 0.222. The molecule has 0 unspecified atom stereocenters. The number of nitro groups is 1. The maximum Gasteiger partial charge on any atom is 0.284 e. The zero-order valence-corrected chi connectivity index (χ0v) is 21.6. The van der Waals surface area contributed by atoms with E-state index in [0.29, 0.717) is 34.4 Å². The molecule has 10 heteroatoms. The molecule has 9 nitrogen and oxygen atoms in total. The van der Waals surface area contributed by atoms with Crippen molar-refractivity contribution < 1.29 is 14.5 Å². The van der Waals surface area contributed by atoms with Crippen LogP contribution in [-0.2, 0) is 0 Å². The molecule has 0 saturated carbocycles. The number of aryl methyl sites for hydroxylation is 1. The van der Waals surface area contributed by atoms with Crippen LogP contribution in [0.2, 0.25) is 0 Å². The lowest BCUT2D eigenvalue weighted by atomic mass is 9.89. The zero-order chi connectivity index (χ0) is 26.1. The number of nitro benzene ring substituents is 1. The van der Waals surface area contributed by atoms with Crippen molar-refractivity contribution >= 4 is 44.6 Å². The van der Waals surface area contributed by atoms with E-state index in [1.54, 1.807) is 21.7 Å².